The van der Waals surface area contributed by atoms with Crippen molar-refractivity contribution in [3.63, 3.8) is 0 Å². The van der Waals surface area contributed by atoms with Crippen LogP contribution in [0.1, 0.15) is 32.1 Å². The fraction of sp³-hybridized carbons (Fsp3) is 0.476. The summed E-state index contributed by atoms with van der Waals surface area (Å²) in [6.45, 7) is 6.11. The van der Waals surface area contributed by atoms with Crippen molar-refractivity contribution in [2.45, 2.75) is 38.1 Å². The van der Waals surface area contributed by atoms with Crippen molar-refractivity contribution in [2.24, 2.45) is 22.4 Å². The number of fused-ring (bicyclic) bond motifs is 2. The van der Waals surface area contributed by atoms with E-state index in [1.807, 2.05) is 24.4 Å². The van der Waals surface area contributed by atoms with Crippen molar-refractivity contribution in [1.82, 2.24) is 4.90 Å². The second kappa shape index (κ2) is 8.24. The number of amidine groups is 1. The molecule has 2 heterocycles. The summed E-state index contributed by atoms with van der Waals surface area (Å²) in [5.74, 6) is 4.21. The number of nitrogens with two attached hydrogens (primary N) is 2. The van der Waals surface area contributed by atoms with Gasteiger partial charge in [-0.15, -0.1) is 0 Å². The highest BCUT2D eigenvalue weighted by atomic mass is 16.5. The van der Waals surface area contributed by atoms with Gasteiger partial charge in [-0.2, -0.15) is 0 Å². The molecule has 0 unspecified atom stereocenters. The van der Waals surface area contributed by atoms with Crippen LogP contribution in [0, 0.1) is 5.92 Å². The number of aliphatic imine (C=N–C) groups is 1. The summed E-state index contributed by atoms with van der Waals surface area (Å²) in [4.78, 5) is 6.83. The molecular formula is C21H29N5O2. The molecule has 7 heteroatoms. The highest BCUT2D eigenvalue weighted by molar-refractivity contribution is 6.11. The molecule has 1 aromatic carbocycles. The number of nitrogens with one attached hydrogen (secondary N) is 1. The van der Waals surface area contributed by atoms with Gasteiger partial charge < -0.3 is 31.2 Å². The van der Waals surface area contributed by atoms with Gasteiger partial charge in [0.2, 0.25) is 0 Å². The predicted octanol–water partition coefficient (Wildman–Crippen LogP) is 2.76. The fourth-order valence-corrected chi connectivity index (χ4v) is 3.98. The average molecular weight is 383 g/mol. The Labute approximate surface area is 166 Å². The average Bonchev–Trinajstić information content (AvgIpc) is 2.72. The SMILES string of the molecule is C=C1N=C2Nc3c(OCCCN)cccc3OC2=CN1C1CCC(CN)CC1. The van der Waals surface area contributed by atoms with Gasteiger partial charge >= 0.3 is 0 Å². The zero-order valence-corrected chi connectivity index (χ0v) is 16.2. The molecule has 1 saturated carbocycles. The van der Waals surface area contributed by atoms with Crippen LogP contribution in [-0.4, -0.2) is 36.5 Å². The maximum atomic E-state index is 6.15. The molecule has 0 amide bonds. The Bertz CT molecular complexity index is 796. The fourth-order valence-electron chi connectivity index (χ4n) is 3.98. The standard InChI is InChI=1S/C21H29N5O2/c1-14-24-21-19(13-26(14)16-8-6-15(12-23)7-9-16)28-18-5-2-4-17(20(18)25-21)27-11-3-10-22/h2,4-5,13,15-16H,1,3,6-12,22-23H2,(H,24,25). The first kappa shape index (κ1) is 18.8. The highest BCUT2D eigenvalue weighted by Gasteiger charge is 2.32. The first-order chi connectivity index (χ1) is 13.7. The largest absolute Gasteiger partial charge is 0.491 e. The van der Waals surface area contributed by atoms with E-state index in [9.17, 15) is 0 Å². The quantitative estimate of drug-likeness (QED) is 0.654. The molecule has 28 heavy (non-hydrogen) atoms. The van der Waals surface area contributed by atoms with Crippen LogP contribution in [0.4, 0.5) is 5.69 Å². The highest BCUT2D eigenvalue weighted by Crippen LogP contribution is 2.41. The van der Waals surface area contributed by atoms with E-state index in [2.05, 4.69) is 21.8 Å². The Morgan fingerprint density at radius 2 is 2.07 bits per heavy atom. The molecule has 7 nitrogen and oxygen atoms in total. The minimum absolute atomic E-state index is 0.393. The summed E-state index contributed by atoms with van der Waals surface area (Å²) >= 11 is 0. The Hall–Kier alpha value is -2.51. The van der Waals surface area contributed by atoms with Gasteiger partial charge in [0, 0.05) is 6.04 Å². The second-order valence-electron chi connectivity index (χ2n) is 7.53. The van der Waals surface area contributed by atoms with Crippen LogP contribution in [0.25, 0.3) is 0 Å². The van der Waals surface area contributed by atoms with E-state index in [4.69, 9.17) is 20.9 Å². The maximum Gasteiger partial charge on any atom is 0.186 e. The van der Waals surface area contributed by atoms with Crippen molar-refractivity contribution in [1.29, 1.82) is 0 Å². The van der Waals surface area contributed by atoms with E-state index >= 15 is 0 Å². The molecule has 4 rings (SSSR count). The van der Waals surface area contributed by atoms with Gasteiger partial charge in [0.25, 0.3) is 0 Å². The smallest absolute Gasteiger partial charge is 0.186 e. The van der Waals surface area contributed by atoms with Crippen molar-refractivity contribution in [3.8, 4) is 11.5 Å². The van der Waals surface area contributed by atoms with Gasteiger partial charge in [-0.05, 0) is 63.2 Å². The molecule has 0 aromatic heterocycles. The Kier molecular flexibility index (Phi) is 5.54. The number of anilines is 1. The molecule has 0 radical (unpaired) electrons. The van der Waals surface area contributed by atoms with Gasteiger partial charge in [0.1, 0.15) is 17.3 Å². The molecule has 0 spiro atoms. The minimum Gasteiger partial charge on any atom is -0.491 e. The van der Waals surface area contributed by atoms with E-state index in [0.29, 0.717) is 36.7 Å². The van der Waals surface area contributed by atoms with Gasteiger partial charge in [0.15, 0.2) is 17.3 Å². The molecule has 150 valence electrons. The van der Waals surface area contributed by atoms with Crippen LogP contribution in [0.3, 0.4) is 0 Å². The van der Waals surface area contributed by atoms with Crippen molar-refractivity contribution >= 4 is 11.5 Å². The Balaban J connectivity index is 1.52. The summed E-state index contributed by atoms with van der Waals surface area (Å²) in [5.41, 5.74) is 12.2. The molecule has 1 aromatic rings. The zero-order chi connectivity index (χ0) is 19.5. The Morgan fingerprint density at radius 3 is 2.82 bits per heavy atom. The lowest BCUT2D eigenvalue weighted by atomic mass is 9.85. The lowest BCUT2D eigenvalue weighted by Crippen LogP contribution is -2.39. The van der Waals surface area contributed by atoms with Crippen LogP contribution in [0.15, 0.2) is 47.6 Å². The molecule has 2 aliphatic heterocycles. The third-order valence-electron chi connectivity index (χ3n) is 5.63. The Morgan fingerprint density at radius 1 is 1.25 bits per heavy atom. The van der Waals surface area contributed by atoms with Crippen LogP contribution in [0.5, 0.6) is 11.5 Å². The first-order valence-corrected chi connectivity index (χ1v) is 10.1. The summed E-state index contributed by atoms with van der Waals surface area (Å²) in [6.07, 6.45) is 7.31. The zero-order valence-electron chi connectivity index (χ0n) is 16.2. The lowest BCUT2D eigenvalue weighted by Gasteiger charge is -2.38. The number of hydrogen-bond donors (Lipinski definition) is 3. The molecule has 1 fully saturated rings. The lowest BCUT2D eigenvalue weighted by molar-refractivity contribution is 0.213. The normalized spacial score (nSPS) is 23.6. The van der Waals surface area contributed by atoms with E-state index in [1.54, 1.807) is 0 Å². The van der Waals surface area contributed by atoms with Crippen molar-refractivity contribution in [2.75, 3.05) is 25.0 Å². The van der Waals surface area contributed by atoms with Gasteiger partial charge in [-0.3, -0.25) is 0 Å². The maximum absolute atomic E-state index is 6.15. The van der Waals surface area contributed by atoms with Gasteiger partial charge in [-0.1, -0.05) is 12.6 Å². The first-order valence-electron chi connectivity index (χ1n) is 10.1. The second-order valence-corrected chi connectivity index (χ2v) is 7.53. The number of para-hydroxylation sites is 1. The van der Waals surface area contributed by atoms with Crippen LogP contribution >= 0.6 is 0 Å². The number of ether oxygens (including phenoxy) is 2. The van der Waals surface area contributed by atoms with Gasteiger partial charge in [-0.25, -0.2) is 4.99 Å². The number of nitrogens with zero attached hydrogens (tertiary/aromatic N) is 2. The number of rotatable bonds is 6. The third-order valence-corrected chi connectivity index (χ3v) is 5.63. The molecule has 0 bridgehead atoms. The van der Waals surface area contributed by atoms with E-state index < -0.39 is 0 Å². The number of hydrogen-bond acceptors (Lipinski definition) is 7. The number of benzene rings is 1. The predicted molar refractivity (Wildman–Crippen MR) is 111 cm³/mol. The molecule has 1 aliphatic carbocycles. The van der Waals surface area contributed by atoms with Crippen LogP contribution in [-0.2, 0) is 0 Å². The third kappa shape index (κ3) is 3.72. The molecule has 0 saturated heterocycles. The topological polar surface area (TPSA) is 98.1 Å². The van der Waals surface area contributed by atoms with Crippen molar-refractivity contribution < 1.29 is 9.47 Å². The molecular weight excluding hydrogens is 354 g/mol. The van der Waals surface area contributed by atoms with E-state index in [0.717, 1.165) is 61.7 Å². The summed E-state index contributed by atoms with van der Waals surface area (Å²) in [5, 5.41) is 3.36. The van der Waals surface area contributed by atoms with Gasteiger partial charge in [0.05, 0.1) is 12.8 Å². The van der Waals surface area contributed by atoms with Crippen LogP contribution < -0.4 is 26.3 Å². The monoisotopic (exact) mass is 383 g/mol. The summed E-state index contributed by atoms with van der Waals surface area (Å²) in [7, 11) is 0. The van der Waals surface area contributed by atoms with E-state index in [-0.39, 0.29) is 0 Å². The molecule has 0 atom stereocenters. The summed E-state index contributed by atoms with van der Waals surface area (Å²) in [6, 6.07) is 6.16. The molecule has 5 N–H and O–H groups in total. The van der Waals surface area contributed by atoms with Crippen LogP contribution in [0.2, 0.25) is 0 Å². The van der Waals surface area contributed by atoms with E-state index in [1.165, 1.54) is 0 Å². The van der Waals surface area contributed by atoms with Crippen molar-refractivity contribution in [3.05, 3.63) is 42.6 Å². The minimum atomic E-state index is 0.393. The molecule has 3 aliphatic rings. The summed E-state index contributed by atoms with van der Waals surface area (Å²) < 4.78 is 12.0.